The number of rotatable bonds is 6. The van der Waals surface area contributed by atoms with Crippen LogP contribution in [0.1, 0.15) is 6.92 Å². The average Bonchev–Trinajstić information content (AvgIpc) is 2.09. The van der Waals surface area contributed by atoms with Gasteiger partial charge in [0.2, 0.25) is 0 Å². The Labute approximate surface area is 93.5 Å². The van der Waals surface area contributed by atoms with Gasteiger partial charge in [-0.05, 0) is 6.92 Å². The topological polar surface area (TPSA) is 63.8 Å². The molecule has 4 nitrogen and oxygen atoms in total. The summed E-state index contributed by atoms with van der Waals surface area (Å²) in [4.78, 5) is 11.6. The van der Waals surface area contributed by atoms with E-state index in [1.54, 1.807) is 6.08 Å². The van der Waals surface area contributed by atoms with Crippen LogP contribution in [0.15, 0.2) is 12.7 Å². The Hall–Kier alpha value is -0.250. The fourth-order valence-electron chi connectivity index (χ4n) is 0.934. The van der Waals surface area contributed by atoms with Crippen molar-refractivity contribution in [1.29, 1.82) is 0 Å². The summed E-state index contributed by atoms with van der Waals surface area (Å²) in [5, 5.41) is 0. The van der Waals surface area contributed by atoms with E-state index in [-0.39, 0.29) is 5.48 Å². The van der Waals surface area contributed by atoms with E-state index in [9.17, 15) is 4.89 Å². The second kappa shape index (κ2) is 7.97. The maximum atomic E-state index is 11.6. The molecule has 0 bridgehead atoms. The van der Waals surface area contributed by atoms with E-state index in [0.717, 1.165) is 4.48 Å². The quantitative estimate of drug-likeness (QED) is 0.369. The van der Waals surface area contributed by atoms with Crippen LogP contribution in [0.3, 0.4) is 0 Å². The minimum Gasteiger partial charge on any atom is -0.629 e. The third kappa shape index (κ3) is 8.73. The van der Waals surface area contributed by atoms with Crippen molar-refractivity contribution in [2.45, 2.75) is 6.92 Å². The molecule has 90 valence electrons. The molecule has 0 rings (SSSR count). The van der Waals surface area contributed by atoms with E-state index in [1.165, 1.54) is 0 Å². The summed E-state index contributed by atoms with van der Waals surface area (Å²) in [5.74, 6) is 0. The van der Waals surface area contributed by atoms with Crippen LogP contribution in [0.4, 0.5) is 0 Å². The lowest BCUT2D eigenvalue weighted by Crippen LogP contribution is -2.40. The lowest BCUT2D eigenvalue weighted by atomic mass is 10.5. The predicted molar refractivity (Wildman–Crippen MR) is 65.1 cm³/mol. The van der Waals surface area contributed by atoms with Crippen molar-refractivity contribution in [3.8, 4) is 0 Å². The highest BCUT2D eigenvalue weighted by molar-refractivity contribution is 7.51. The van der Waals surface area contributed by atoms with Crippen LogP contribution in [0.2, 0.25) is 0 Å². The highest BCUT2D eigenvalue weighted by Crippen LogP contribution is 2.15. The van der Waals surface area contributed by atoms with Crippen molar-refractivity contribution in [2.24, 2.45) is 0 Å². The molecule has 0 aliphatic carbocycles. The Bertz CT molecular complexity index is 221. The molecule has 0 amide bonds. The SMILES string of the molecule is C=CCO/C(C[N+](C)(C)C)=[P+](\[O-])CC.O. The number of hydrogen-bond donors (Lipinski definition) is 0. The van der Waals surface area contributed by atoms with Gasteiger partial charge in [0.15, 0.2) is 6.54 Å². The monoisotopic (exact) mass is 236 g/mol. The van der Waals surface area contributed by atoms with Crippen LogP contribution in [0, 0.1) is 0 Å². The molecule has 0 aliphatic heterocycles. The van der Waals surface area contributed by atoms with Crippen LogP contribution >= 0.6 is 7.77 Å². The van der Waals surface area contributed by atoms with E-state index in [2.05, 4.69) is 27.7 Å². The molecule has 0 saturated heterocycles. The van der Waals surface area contributed by atoms with Crippen molar-refractivity contribution in [1.82, 2.24) is 0 Å². The predicted octanol–water partition coefficient (Wildman–Crippen LogP) is -0.0225. The normalized spacial score (nSPS) is 12.9. The first-order valence-electron chi connectivity index (χ1n) is 4.75. The first kappa shape index (κ1) is 17.2. The molecule has 0 aromatic heterocycles. The molecule has 2 N–H and O–H groups in total. The van der Waals surface area contributed by atoms with Crippen LogP contribution in [-0.4, -0.2) is 55.9 Å². The summed E-state index contributed by atoms with van der Waals surface area (Å²) >= 11 is 0. The van der Waals surface area contributed by atoms with Crippen LogP contribution in [0.25, 0.3) is 0 Å². The van der Waals surface area contributed by atoms with Crippen LogP contribution in [-0.2, 0) is 4.74 Å². The van der Waals surface area contributed by atoms with Gasteiger partial charge in [0.25, 0.3) is 5.48 Å². The Balaban J connectivity index is 0. The zero-order valence-electron chi connectivity index (χ0n) is 10.1. The molecule has 1 atom stereocenters. The van der Waals surface area contributed by atoms with Gasteiger partial charge in [-0.2, -0.15) is 0 Å². The van der Waals surface area contributed by atoms with Crippen molar-refractivity contribution >= 4 is 13.3 Å². The van der Waals surface area contributed by atoms with Gasteiger partial charge < -0.3 is 19.6 Å². The largest absolute Gasteiger partial charge is 0.629 e. The first-order chi connectivity index (χ1) is 6.40. The van der Waals surface area contributed by atoms with E-state index in [1.807, 2.05) is 6.92 Å². The fourth-order valence-corrected chi connectivity index (χ4v) is 2.09. The Morgan fingerprint density at radius 1 is 1.47 bits per heavy atom. The third-order valence-electron chi connectivity index (χ3n) is 1.54. The minimum absolute atomic E-state index is 0. The van der Waals surface area contributed by atoms with Gasteiger partial charge in [-0.15, -0.1) is 6.58 Å². The maximum Gasteiger partial charge on any atom is 0.276 e. The Morgan fingerprint density at radius 3 is 2.33 bits per heavy atom. The third-order valence-corrected chi connectivity index (χ3v) is 2.94. The van der Waals surface area contributed by atoms with Crippen molar-refractivity contribution in [3.05, 3.63) is 12.7 Å². The molecular formula is C10H23NO3P+. The van der Waals surface area contributed by atoms with E-state index in [4.69, 9.17) is 4.74 Å². The molecular weight excluding hydrogens is 213 g/mol. The van der Waals surface area contributed by atoms with Crippen molar-refractivity contribution in [2.75, 3.05) is 40.5 Å². The van der Waals surface area contributed by atoms with Gasteiger partial charge in [0.1, 0.15) is 6.16 Å². The molecule has 0 radical (unpaired) electrons. The van der Waals surface area contributed by atoms with E-state index >= 15 is 0 Å². The van der Waals surface area contributed by atoms with Crippen LogP contribution in [0.5, 0.6) is 0 Å². The van der Waals surface area contributed by atoms with E-state index in [0.29, 0.717) is 24.8 Å². The number of hydrogen-bond acceptors (Lipinski definition) is 2. The Morgan fingerprint density at radius 2 is 2.00 bits per heavy atom. The van der Waals surface area contributed by atoms with Gasteiger partial charge in [0.05, 0.1) is 35.5 Å². The standard InChI is InChI=1S/C10H21NO2P.H2O/c1-6-8-13-10(14(12)7-2)9-11(3,4)5;/h6H,1,7-9H2,2-5H3;1H2/q+1;. The zero-order chi connectivity index (χ0) is 11.2. The summed E-state index contributed by atoms with van der Waals surface area (Å²) < 4.78 is 6.15. The Kier molecular flexibility index (Phi) is 9.11. The molecule has 5 heteroatoms. The summed E-state index contributed by atoms with van der Waals surface area (Å²) in [7, 11) is 4.82. The number of nitrogens with zero attached hydrogens (tertiary/aromatic N) is 1. The lowest BCUT2D eigenvalue weighted by Gasteiger charge is -2.23. The number of ether oxygens (including phenoxy) is 1. The first-order valence-corrected chi connectivity index (χ1v) is 6.20. The summed E-state index contributed by atoms with van der Waals surface area (Å²) in [6.45, 7) is 6.62. The molecule has 0 fully saturated rings. The van der Waals surface area contributed by atoms with Gasteiger partial charge in [-0.3, -0.25) is 0 Å². The molecule has 0 saturated carbocycles. The van der Waals surface area contributed by atoms with E-state index < -0.39 is 7.77 Å². The molecule has 0 aromatic carbocycles. The van der Waals surface area contributed by atoms with Crippen molar-refractivity contribution < 1.29 is 19.6 Å². The molecule has 0 spiro atoms. The second-order valence-electron chi connectivity index (χ2n) is 4.14. The smallest absolute Gasteiger partial charge is 0.276 e. The summed E-state index contributed by atoms with van der Waals surface area (Å²) in [6.07, 6.45) is 2.32. The van der Waals surface area contributed by atoms with Crippen LogP contribution < -0.4 is 4.89 Å². The average molecular weight is 236 g/mol. The minimum atomic E-state index is -1.34. The number of likely N-dealkylation sites (N-methyl/N-ethyl adjacent to an activating group) is 1. The maximum absolute atomic E-state index is 11.6. The fraction of sp³-hybridized carbons (Fsp3) is 0.700. The molecule has 0 aromatic rings. The van der Waals surface area contributed by atoms with Gasteiger partial charge in [-0.1, -0.05) is 6.08 Å². The molecule has 15 heavy (non-hydrogen) atoms. The lowest BCUT2D eigenvalue weighted by molar-refractivity contribution is -0.861. The van der Waals surface area contributed by atoms with Crippen molar-refractivity contribution in [3.63, 3.8) is 0 Å². The molecule has 0 heterocycles. The second-order valence-corrected chi connectivity index (χ2v) is 6.02. The molecule has 0 aliphatic rings. The van der Waals surface area contributed by atoms with Gasteiger partial charge in [0, 0.05) is 0 Å². The number of quaternary nitrogens is 1. The summed E-state index contributed by atoms with van der Waals surface area (Å²) in [6, 6.07) is 0. The van der Waals surface area contributed by atoms with Gasteiger partial charge in [-0.25, -0.2) is 0 Å². The highest BCUT2D eigenvalue weighted by Gasteiger charge is 2.19. The summed E-state index contributed by atoms with van der Waals surface area (Å²) in [5.41, 5.74) is 0.704. The molecule has 1 unspecified atom stereocenters. The highest BCUT2D eigenvalue weighted by atomic mass is 31.1. The zero-order valence-corrected chi connectivity index (χ0v) is 11.0. The van der Waals surface area contributed by atoms with Gasteiger partial charge >= 0.3 is 0 Å².